The predicted octanol–water partition coefficient (Wildman–Crippen LogP) is 4.71. The first-order valence-electron chi connectivity index (χ1n) is 8.05. The number of rotatable bonds is 7. The molecule has 0 atom stereocenters. The van der Waals surface area contributed by atoms with E-state index in [0.717, 1.165) is 24.8 Å². The van der Waals surface area contributed by atoms with Crippen molar-refractivity contribution < 1.29 is 13.9 Å². The standard InChI is InChI=1S/C19H21FN2O2/c1-3-5-7-14(4-2)12-18(23)24-17-9-8-15(13-16(17)20)19-21-10-6-11-22-19/h4,6,8-11,13H,3,5,7,12H2,1-2H3/b14-4+. The van der Waals surface area contributed by atoms with Crippen LogP contribution in [-0.4, -0.2) is 15.9 Å². The van der Waals surface area contributed by atoms with Gasteiger partial charge in [-0.15, -0.1) is 0 Å². The third kappa shape index (κ3) is 4.98. The first-order chi connectivity index (χ1) is 11.6. The van der Waals surface area contributed by atoms with Crippen LogP contribution in [-0.2, 0) is 4.79 Å². The first-order valence-corrected chi connectivity index (χ1v) is 8.05. The molecule has 0 saturated heterocycles. The van der Waals surface area contributed by atoms with Crippen molar-refractivity contribution in [1.29, 1.82) is 0 Å². The summed E-state index contributed by atoms with van der Waals surface area (Å²) < 4.78 is 19.3. The van der Waals surface area contributed by atoms with Crippen LogP contribution in [0.4, 0.5) is 4.39 Å². The maximum absolute atomic E-state index is 14.2. The van der Waals surface area contributed by atoms with Gasteiger partial charge in [-0.25, -0.2) is 14.4 Å². The Hall–Kier alpha value is -2.56. The van der Waals surface area contributed by atoms with Gasteiger partial charge in [0.15, 0.2) is 17.4 Å². The van der Waals surface area contributed by atoms with E-state index < -0.39 is 11.8 Å². The van der Waals surface area contributed by atoms with Gasteiger partial charge in [0.1, 0.15) is 0 Å². The monoisotopic (exact) mass is 328 g/mol. The van der Waals surface area contributed by atoms with Crippen molar-refractivity contribution in [2.45, 2.75) is 39.5 Å². The Morgan fingerprint density at radius 2 is 2.04 bits per heavy atom. The van der Waals surface area contributed by atoms with Crippen LogP contribution in [0.2, 0.25) is 0 Å². The lowest BCUT2D eigenvalue weighted by Gasteiger charge is -2.09. The summed E-state index contributed by atoms with van der Waals surface area (Å²) in [5, 5.41) is 0. The van der Waals surface area contributed by atoms with Crippen molar-refractivity contribution in [2.75, 3.05) is 0 Å². The van der Waals surface area contributed by atoms with Crippen molar-refractivity contribution in [2.24, 2.45) is 0 Å². The number of aromatic nitrogens is 2. The number of carbonyl (C=O) groups excluding carboxylic acids is 1. The number of nitrogens with zero attached hydrogens (tertiary/aromatic N) is 2. The topological polar surface area (TPSA) is 52.1 Å². The largest absolute Gasteiger partial charge is 0.423 e. The summed E-state index contributed by atoms with van der Waals surface area (Å²) >= 11 is 0. The summed E-state index contributed by atoms with van der Waals surface area (Å²) in [6, 6.07) is 6.02. The summed E-state index contributed by atoms with van der Waals surface area (Å²) in [5.41, 5.74) is 1.54. The van der Waals surface area contributed by atoms with Crippen LogP contribution >= 0.6 is 0 Å². The van der Waals surface area contributed by atoms with Crippen LogP contribution in [0.1, 0.15) is 39.5 Å². The second-order valence-corrected chi connectivity index (χ2v) is 5.42. The number of unbranched alkanes of at least 4 members (excludes halogenated alkanes) is 1. The Morgan fingerprint density at radius 3 is 2.67 bits per heavy atom. The lowest BCUT2D eigenvalue weighted by Crippen LogP contribution is -2.10. The normalized spacial score (nSPS) is 11.4. The third-order valence-corrected chi connectivity index (χ3v) is 3.61. The summed E-state index contributed by atoms with van der Waals surface area (Å²) in [5.74, 6) is -0.721. The Labute approximate surface area is 141 Å². The van der Waals surface area contributed by atoms with Gasteiger partial charge >= 0.3 is 5.97 Å². The Kier molecular flexibility index (Phi) is 6.61. The highest BCUT2D eigenvalue weighted by Crippen LogP contribution is 2.24. The molecule has 4 nitrogen and oxygen atoms in total. The Morgan fingerprint density at radius 1 is 1.29 bits per heavy atom. The van der Waals surface area contributed by atoms with E-state index in [1.54, 1.807) is 24.5 Å². The van der Waals surface area contributed by atoms with Crippen molar-refractivity contribution in [1.82, 2.24) is 9.97 Å². The number of hydrogen-bond donors (Lipinski definition) is 0. The van der Waals surface area contributed by atoms with Gasteiger partial charge in [-0.3, -0.25) is 4.79 Å². The SMILES string of the molecule is C/C=C(\CCCC)CC(=O)Oc1ccc(-c2ncccn2)cc1F. The molecule has 0 aliphatic heterocycles. The van der Waals surface area contributed by atoms with Gasteiger partial charge in [0, 0.05) is 18.0 Å². The summed E-state index contributed by atoms with van der Waals surface area (Å²) in [7, 11) is 0. The van der Waals surface area contributed by atoms with E-state index in [9.17, 15) is 9.18 Å². The second kappa shape index (κ2) is 8.91. The van der Waals surface area contributed by atoms with Crippen molar-refractivity contribution >= 4 is 5.97 Å². The predicted molar refractivity (Wildman–Crippen MR) is 91.0 cm³/mol. The number of ether oxygens (including phenoxy) is 1. The van der Waals surface area contributed by atoms with Crippen LogP contribution in [0.5, 0.6) is 5.75 Å². The van der Waals surface area contributed by atoms with E-state index in [4.69, 9.17) is 4.74 Å². The molecule has 5 heteroatoms. The second-order valence-electron chi connectivity index (χ2n) is 5.42. The molecule has 0 saturated carbocycles. The zero-order valence-corrected chi connectivity index (χ0v) is 14.0. The molecule has 1 aromatic carbocycles. The number of allylic oxidation sites excluding steroid dienone is 1. The molecule has 0 N–H and O–H groups in total. The molecule has 126 valence electrons. The van der Waals surface area contributed by atoms with Gasteiger partial charge in [0.2, 0.25) is 0 Å². The van der Waals surface area contributed by atoms with Gasteiger partial charge in [0.25, 0.3) is 0 Å². The summed E-state index contributed by atoms with van der Waals surface area (Å²) in [6.07, 6.45) is 8.21. The number of esters is 1. The molecule has 0 radical (unpaired) electrons. The van der Waals surface area contributed by atoms with E-state index in [2.05, 4.69) is 16.9 Å². The molecule has 0 spiro atoms. The minimum atomic E-state index is -0.608. The van der Waals surface area contributed by atoms with Crippen molar-refractivity contribution in [3.63, 3.8) is 0 Å². The number of halogens is 1. The molecule has 0 aliphatic carbocycles. The highest BCUT2D eigenvalue weighted by atomic mass is 19.1. The van der Waals surface area contributed by atoms with Gasteiger partial charge in [-0.2, -0.15) is 0 Å². The fraction of sp³-hybridized carbons (Fsp3) is 0.316. The van der Waals surface area contributed by atoms with Crippen LogP contribution in [0.25, 0.3) is 11.4 Å². The fourth-order valence-corrected chi connectivity index (χ4v) is 2.25. The first kappa shape index (κ1) is 17.8. The minimum absolute atomic E-state index is 0.0781. The smallest absolute Gasteiger partial charge is 0.315 e. The zero-order chi connectivity index (χ0) is 17.4. The van der Waals surface area contributed by atoms with E-state index in [0.29, 0.717) is 11.4 Å². The molecule has 24 heavy (non-hydrogen) atoms. The van der Waals surface area contributed by atoms with Gasteiger partial charge in [0.05, 0.1) is 6.42 Å². The average molecular weight is 328 g/mol. The Bertz CT molecular complexity index is 715. The molecular weight excluding hydrogens is 307 g/mol. The van der Waals surface area contributed by atoms with Gasteiger partial charge < -0.3 is 4.74 Å². The van der Waals surface area contributed by atoms with E-state index in [-0.39, 0.29) is 12.2 Å². The Balaban J connectivity index is 2.04. The molecule has 0 fully saturated rings. The van der Waals surface area contributed by atoms with E-state index >= 15 is 0 Å². The molecule has 2 rings (SSSR count). The molecular formula is C19H21FN2O2. The van der Waals surface area contributed by atoms with Crippen LogP contribution < -0.4 is 4.74 Å². The molecule has 0 aliphatic rings. The fourth-order valence-electron chi connectivity index (χ4n) is 2.25. The highest BCUT2D eigenvalue weighted by molar-refractivity contribution is 5.75. The zero-order valence-electron chi connectivity index (χ0n) is 14.0. The van der Waals surface area contributed by atoms with Crippen LogP contribution in [0, 0.1) is 5.82 Å². The van der Waals surface area contributed by atoms with E-state index in [1.165, 1.54) is 12.1 Å². The lowest BCUT2D eigenvalue weighted by atomic mass is 10.1. The maximum Gasteiger partial charge on any atom is 0.315 e. The number of hydrogen-bond acceptors (Lipinski definition) is 4. The van der Waals surface area contributed by atoms with Crippen molar-refractivity contribution in [3.05, 3.63) is 54.1 Å². The van der Waals surface area contributed by atoms with Gasteiger partial charge in [-0.05, 0) is 44.0 Å². The minimum Gasteiger partial charge on any atom is -0.423 e. The third-order valence-electron chi connectivity index (χ3n) is 3.61. The molecule has 2 aromatic rings. The van der Waals surface area contributed by atoms with Crippen LogP contribution in [0.15, 0.2) is 48.3 Å². The lowest BCUT2D eigenvalue weighted by molar-refractivity contribution is -0.133. The van der Waals surface area contributed by atoms with Crippen LogP contribution in [0.3, 0.4) is 0 Å². The number of benzene rings is 1. The molecule has 1 heterocycles. The molecule has 0 bridgehead atoms. The quantitative estimate of drug-likeness (QED) is 0.419. The average Bonchev–Trinajstić information content (AvgIpc) is 2.61. The molecule has 1 aromatic heterocycles. The van der Waals surface area contributed by atoms with Gasteiger partial charge in [-0.1, -0.05) is 25.0 Å². The molecule has 0 unspecified atom stereocenters. The maximum atomic E-state index is 14.2. The summed E-state index contributed by atoms with van der Waals surface area (Å²) in [6.45, 7) is 3.99. The van der Waals surface area contributed by atoms with Crippen molar-refractivity contribution in [3.8, 4) is 17.1 Å². The van der Waals surface area contributed by atoms with E-state index in [1.807, 2.05) is 13.0 Å². The molecule has 0 amide bonds. The highest BCUT2D eigenvalue weighted by Gasteiger charge is 2.13. The number of carbonyl (C=O) groups is 1. The summed E-state index contributed by atoms with van der Waals surface area (Å²) in [4.78, 5) is 20.1.